The van der Waals surface area contributed by atoms with Crippen molar-refractivity contribution in [3.8, 4) is 0 Å². The van der Waals surface area contributed by atoms with Crippen molar-refractivity contribution in [1.29, 1.82) is 0 Å². The average molecular weight is 367 g/mol. The molecule has 1 unspecified atom stereocenters. The van der Waals surface area contributed by atoms with Gasteiger partial charge in [0.2, 0.25) is 0 Å². The van der Waals surface area contributed by atoms with Crippen molar-refractivity contribution < 1.29 is 14.7 Å². The van der Waals surface area contributed by atoms with Crippen molar-refractivity contribution in [3.63, 3.8) is 0 Å². The van der Waals surface area contributed by atoms with Crippen LogP contribution < -0.4 is 0 Å². The zero-order valence-corrected chi connectivity index (χ0v) is 15.1. The number of amides is 1. The van der Waals surface area contributed by atoms with Crippen molar-refractivity contribution in [2.75, 3.05) is 13.1 Å². The van der Waals surface area contributed by atoms with Gasteiger partial charge in [-0.3, -0.25) is 14.3 Å². The summed E-state index contributed by atoms with van der Waals surface area (Å²) in [6, 6.07) is 7.70. The predicted octanol–water partition coefficient (Wildman–Crippen LogP) is 2.17. The van der Waals surface area contributed by atoms with E-state index in [2.05, 4.69) is 15.1 Å². The number of fused-ring (bicyclic) bond motifs is 1. The number of nitrogens with one attached hydrogen (secondary N) is 1. The molecule has 0 radical (unpaired) electrons. The number of H-pyrrole nitrogens is 1. The Morgan fingerprint density at radius 1 is 1.33 bits per heavy atom. The van der Waals surface area contributed by atoms with Gasteiger partial charge in [0.1, 0.15) is 6.54 Å². The molecule has 1 fully saturated rings. The highest BCUT2D eigenvalue weighted by Crippen LogP contribution is 2.26. The first kappa shape index (κ1) is 17.3. The third kappa shape index (κ3) is 3.55. The number of aromatic amines is 1. The van der Waals surface area contributed by atoms with Gasteiger partial charge in [-0.15, -0.1) is 0 Å². The first-order chi connectivity index (χ1) is 13.0. The molecule has 1 saturated heterocycles. The molecule has 27 heavy (non-hydrogen) atoms. The number of carbonyl (C=O) groups excluding carboxylic acids is 1. The highest BCUT2D eigenvalue weighted by molar-refractivity contribution is 5.94. The number of benzene rings is 1. The number of aromatic nitrogens is 4. The molecule has 1 amide bonds. The van der Waals surface area contributed by atoms with Gasteiger partial charge < -0.3 is 15.0 Å². The third-order valence-corrected chi connectivity index (χ3v) is 4.93. The van der Waals surface area contributed by atoms with Crippen molar-refractivity contribution in [3.05, 3.63) is 47.5 Å². The molecule has 2 N–H and O–H groups in total. The van der Waals surface area contributed by atoms with Gasteiger partial charge in [0, 0.05) is 25.2 Å². The van der Waals surface area contributed by atoms with E-state index in [4.69, 9.17) is 5.11 Å². The van der Waals surface area contributed by atoms with Gasteiger partial charge in [-0.25, -0.2) is 4.98 Å². The number of rotatable bonds is 4. The van der Waals surface area contributed by atoms with E-state index in [1.807, 2.05) is 31.2 Å². The Balaban J connectivity index is 1.50. The highest BCUT2D eigenvalue weighted by atomic mass is 16.4. The van der Waals surface area contributed by atoms with E-state index in [0.717, 1.165) is 35.1 Å². The lowest BCUT2D eigenvalue weighted by molar-refractivity contribution is -0.137. The maximum Gasteiger partial charge on any atom is 0.325 e. The number of likely N-dealkylation sites (tertiary alicyclic amines) is 1. The van der Waals surface area contributed by atoms with Crippen LogP contribution >= 0.6 is 0 Å². The molecule has 0 spiro atoms. The van der Waals surface area contributed by atoms with Crippen molar-refractivity contribution in [1.82, 2.24) is 24.6 Å². The first-order valence-electron chi connectivity index (χ1n) is 9.00. The Kier molecular flexibility index (Phi) is 4.39. The summed E-state index contributed by atoms with van der Waals surface area (Å²) in [5.41, 5.74) is 3.58. The Bertz CT molecular complexity index is 1010. The van der Waals surface area contributed by atoms with Crippen LogP contribution in [0, 0.1) is 6.92 Å². The molecule has 1 aliphatic heterocycles. The van der Waals surface area contributed by atoms with Crippen LogP contribution in [0.4, 0.5) is 0 Å². The number of hydrogen-bond acceptors (Lipinski definition) is 4. The molecule has 0 saturated carbocycles. The number of carbonyl (C=O) groups is 2. The van der Waals surface area contributed by atoms with Gasteiger partial charge in [0.15, 0.2) is 5.82 Å². The van der Waals surface area contributed by atoms with Crippen LogP contribution in [0.3, 0.4) is 0 Å². The van der Waals surface area contributed by atoms with E-state index in [9.17, 15) is 9.59 Å². The fraction of sp³-hybridized carbons (Fsp3) is 0.368. The predicted molar refractivity (Wildman–Crippen MR) is 98.6 cm³/mol. The van der Waals surface area contributed by atoms with E-state index >= 15 is 0 Å². The van der Waals surface area contributed by atoms with Crippen molar-refractivity contribution >= 4 is 22.9 Å². The molecule has 1 aliphatic rings. The summed E-state index contributed by atoms with van der Waals surface area (Å²) in [6.07, 6.45) is 3.47. The second-order valence-electron chi connectivity index (χ2n) is 7.03. The summed E-state index contributed by atoms with van der Waals surface area (Å²) in [5.74, 6) is -0.583. The molecule has 1 aromatic carbocycles. The molecule has 8 heteroatoms. The van der Waals surface area contributed by atoms with Gasteiger partial charge in [-0.1, -0.05) is 6.07 Å². The topological polar surface area (TPSA) is 104 Å². The fourth-order valence-corrected chi connectivity index (χ4v) is 3.60. The summed E-state index contributed by atoms with van der Waals surface area (Å²) < 4.78 is 1.42. The van der Waals surface area contributed by atoms with Crippen molar-refractivity contribution in [2.24, 2.45) is 0 Å². The van der Waals surface area contributed by atoms with E-state index in [1.165, 1.54) is 4.68 Å². The van der Waals surface area contributed by atoms with E-state index in [1.54, 1.807) is 11.1 Å². The Labute approximate surface area is 155 Å². The van der Waals surface area contributed by atoms with Gasteiger partial charge in [0.25, 0.3) is 5.91 Å². The maximum atomic E-state index is 12.9. The van der Waals surface area contributed by atoms with Crippen LogP contribution in [-0.2, 0) is 11.3 Å². The van der Waals surface area contributed by atoms with Gasteiger partial charge in [0.05, 0.1) is 16.7 Å². The monoisotopic (exact) mass is 367 g/mol. The van der Waals surface area contributed by atoms with Crippen LogP contribution in [0.2, 0.25) is 0 Å². The number of hydrogen-bond donors (Lipinski definition) is 2. The Morgan fingerprint density at radius 3 is 3.00 bits per heavy atom. The zero-order chi connectivity index (χ0) is 19.0. The zero-order valence-electron chi connectivity index (χ0n) is 15.1. The molecule has 3 aromatic rings. The lowest BCUT2D eigenvalue weighted by atomic mass is 9.95. The minimum absolute atomic E-state index is 0.101. The lowest BCUT2D eigenvalue weighted by Crippen LogP contribution is -2.39. The van der Waals surface area contributed by atoms with Crippen LogP contribution in [0.1, 0.15) is 40.6 Å². The minimum atomic E-state index is -0.926. The largest absolute Gasteiger partial charge is 0.480 e. The standard InChI is InChI=1S/C19H21N5O3/c1-12-4-5-15-16(9-12)21-18(20-15)19(27)23-7-2-3-13(10-23)14-6-8-24(22-14)11-17(25)26/h4-6,8-9,13H,2-3,7,10-11H2,1H3,(H,20,21)(H,25,26). The quantitative estimate of drug-likeness (QED) is 0.735. The summed E-state index contributed by atoms with van der Waals surface area (Å²) in [6.45, 7) is 3.08. The van der Waals surface area contributed by atoms with Crippen molar-refractivity contribution in [2.45, 2.75) is 32.2 Å². The molecule has 3 heterocycles. The Morgan fingerprint density at radius 2 is 2.19 bits per heavy atom. The normalized spacial score (nSPS) is 17.4. The molecule has 8 nitrogen and oxygen atoms in total. The fourth-order valence-electron chi connectivity index (χ4n) is 3.60. The molecule has 1 atom stereocenters. The van der Waals surface area contributed by atoms with Crippen LogP contribution in [0.25, 0.3) is 11.0 Å². The summed E-state index contributed by atoms with van der Waals surface area (Å²) in [5, 5.41) is 13.2. The van der Waals surface area contributed by atoms with E-state index < -0.39 is 5.97 Å². The van der Waals surface area contributed by atoms with Gasteiger partial charge >= 0.3 is 5.97 Å². The molecule has 0 bridgehead atoms. The molecule has 2 aromatic heterocycles. The number of nitrogens with zero attached hydrogens (tertiary/aromatic N) is 4. The highest BCUT2D eigenvalue weighted by Gasteiger charge is 2.28. The SMILES string of the molecule is Cc1ccc2nc(C(=O)N3CCCC(c4ccn(CC(=O)O)n4)C3)[nH]c2c1. The van der Waals surface area contributed by atoms with E-state index in [0.29, 0.717) is 18.9 Å². The molecule has 0 aliphatic carbocycles. The minimum Gasteiger partial charge on any atom is -0.480 e. The number of aliphatic carboxylic acids is 1. The molecule has 4 rings (SSSR count). The second-order valence-corrected chi connectivity index (χ2v) is 7.03. The Hall–Kier alpha value is -3.16. The average Bonchev–Trinajstić information content (AvgIpc) is 3.27. The molecular weight excluding hydrogens is 346 g/mol. The molecule has 140 valence electrons. The number of piperidine rings is 1. The number of carboxylic acid groups (broad SMARTS) is 1. The van der Waals surface area contributed by atoms with Gasteiger partial charge in [-0.05, 0) is 43.5 Å². The summed E-state index contributed by atoms with van der Waals surface area (Å²) in [4.78, 5) is 33.1. The van der Waals surface area contributed by atoms with Crippen LogP contribution in [-0.4, -0.2) is 54.7 Å². The summed E-state index contributed by atoms with van der Waals surface area (Å²) in [7, 11) is 0. The maximum absolute atomic E-state index is 12.9. The third-order valence-electron chi connectivity index (χ3n) is 4.93. The molecular formula is C19H21N5O3. The first-order valence-corrected chi connectivity index (χ1v) is 9.00. The summed E-state index contributed by atoms with van der Waals surface area (Å²) >= 11 is 0. The number of carboxylic acids is 1. The number of aryl methyl sites for hydroxylation is 1. The second kappa shape index (κ2) is 6.86. The van der Waals surface area contributed by atoms with Gasteiger partial charge in [-0.2, -0.15) is 5.10 Å². The van der Waals surface area contributed by atoms with Crippen LogP contribution in [0.5, 0.6) is 0 Å². The number of imidazole rings is 1. The lowest BCUT2D eigenvalue weighted by Gasteiger charge is -2.31. The van der Waals surface area contributed by atoms with E-state index in [-0.39, 0.29) is 18.4 Å². The smallest absolute Gasteiger partial charge is 0.325 e. The van der Waals surface area contributed by atoms with Crippen LogP contribution in [0.15, 0.2) is 30.5 Å².